The Balaban J connectivity index is 1.74. The van der Waals surface area contributed by atoms with Crippen LogP contribution in [0.1, 0.15) is 34.6 Å². The van der Waals surface area contributed by atoms with Crippen molar-refractivity contribution < 1.29 is 23.8 Å². The van der Waals surface area contributed by atoms with Gasteiger partial charge in [0.2, 0.25) is 0 Å². The summed E-state index contributed by atoms with van der Waals surface area (Å²) in [5.74, 6) is 0.0612. The van der Waals surface area contributed by atoms with Gasteiger partial charge in [0.1, 0.15) is 23.7 Å². The van der Waals surface area contributed by atoms with Gasteiger partial charge < -0.3 is 19.1 Å². The molecular formula is C24H23Cl2NO5S. The predicted molar refractivity (Wildman–Crippen MR) is 131 cm³/mol. The average Bonchev–Trinajstić information content (AvgIpc) is 3.06. The second-order valence-corrected chi connectivity index (χ2v) is 9.17. The number of methoxy groups -OCH3 is 2. The molecule has 0 fully saturated rings. The molecule has 0 spiro atoms. The van der Waals surface area contributed by atoms with Gasteiger partial charge >= 0.3 is 5.97 Å². The Bertz CT molecular complexity index is 1150. The molecule has 0 saturated heterocycles. The van der Waals surface area contributed by atoms with Crippen LogP contribution >= 0.6 is 35.0 Å². The van der Waals surface area contributed by atoms with E-state index >= 15 is 0 Å². The van der Waals surface area contributed by atoms with Crippen molar-refractivity contribution in [2.75, 3.05) is 27.4 Å². The number of allylic oxidation sites excluding steroid dienone is 3. The lowest BCUT2D eigenvalue weighted by Gasteiger charge is -2.21. The molecule has 1 aliphatic heterocycles. The first kappa shape index (κ1) is 25.0. The third kappa shape index (κ3) is 5.85. The molecule has 6 nitrogen and oxygen atoms in total. The SMILES string of the molecule is COc1ccc(Cl)cc1C(=O)C=C1SC(C)=C(C)N1CCOC(=O)c1cc(Cl)ccc1OC. The Morgan fingerprint density at radius 2 is 1.55 bits per heavy atom. The van der Waals surface area contributed by atoms with Crippen molar-refractivity contribution >= 4 is 46.7 Å². The quantitative estimate of drug-likeness (QED) is 0.239. The minimum absolute atomic E-state index is 0.103. The molecule has 1 heterocycles. The Kier molecular flexibility index (Phi) is 8.35. The zero-order chi connectivity index (χ0) is 24.1. The fourth-order valence-corrected chi connectivity index (χ4v) is 4.66. The van der Waals surface area contributed by atoms with Crippen molar-refractivity contribution in [2.45, 2.75) is 13.8 Å². The number of thioether (sulfide) groups is 1. The summed E-state index contributed by atoms with van der Waals surface area (Å²) in [4.78, 5) is 28.5. The van der Waals surface area contributed by atoms with Gasteiger partial charge in [0.25, 0.3) is 0 Å². The number of halogens is 2. The van der Waals surface area contributed by atoms with Crippen LogP contribution in [0.2, 0.25) is 10.0 Å². The molecule has 0 aromatic heterocycles. The lowest BCUT2D eigenvalue weighted by molar-refractivity contribution is 0.0484. The number of esters is 1. The molecule has 33 heavy (non-hydrogen) atoms. The number of hydrogen-bond acceptors (Lipinski definition) is 7. The summed E-state index contributed by atoms with van der Waals surface area (Å²) >= 11 is 13.6. The normalized spacial score (nSPS) is 14.6. The first-order chi connectivity index (χ1) is 15.7. The van der Waals surface area contributed by atoms with Gasteiger partial charge in [-0.3, -0.25) is 4.79 Å². The molecule has 1 aliphatic rings. The summed E-state index contributed by atoms with van der Waals surface area (Å²) in [5.41, 5.74) is 1.61. The number of ether oxygens (including phenoxy) is 3. The number of hydrogen-bond donors (Lipinski definition) is 0. The van der Waals surface area contributed by atoms with Gasteiger partial charge in [-0.05, 0) is 50.2 Å². The highest BCUT2D eigenvalue weighted by Crippen LogP contribution is 2.40. The molecule has 0 saturated carbocycles. The minimum atomic E-state index is -0.537. The van der Waals surface area contributed by atoms with Crippen molar-refractivity contribution in [1.29, 1.82) is 0 Å². The highest BCUT2D eigenvalue weighted by Gasteiger charge is 2.25. The van der Waals surface area contributed by atoms with E-state index in [-0.39, 0.29) is 18.0 Å². The third-order valence-electron chi connectivity index (χ3n) is 5.05. The summed E-state index contributed by atoms with van der Waals surface area (Å²) in [6.45, 7) is 4.40. The van der Waals surface area contributed by atoms with Gasteiger partial charge in [-0.15, -0.1) is 0 Å². The van der Waals surface area contributed by atoms with Crippen LogP contribution in [0, 0.1) is 0 Å². The molecule has 0 amide bonds. The Hall–Kier alpha value is -2.61. The number of benzene rings is 2. The zero-order valence-corrected chi connectivity index (χ0v) is 20.9. The lowest BCUT2D eigenvalue weighted by atomic mass is 10.1. The molecule has 0 atom stereocenters. The topological polar surface area (TPSA) is 65.1 Å². The van der Waals surface area contributed by atoms with Crippen LogP contribution in [0.3, 0.4) is 0 Å². The highest BCUT2D eigenvalue weighted by molar-refractivity contribution is 8.06. The second-order valence-electron chi connectivity index (χ2n) is 7.07. The second kappa shape index (κ2) is 11.0. The fraction of sp³-hybridized carbons (Fsp3) is 0.250. The predicted octanol–water partition coefficient (Wildman–Crippen LogP) is 6.19. The van der Waals surface area contributed by atoms with Crippen molar-refractivity contribution in [2.24, 2.45) is 0 Å². The molecular weight excluding hydrogens is 485 g/mol. The summed E-state index contributed by atoms with van der Waals surface area (Å²) in [7, 11) is 2.98. The van der Waals surface area contributed by atoms with E-state index in [9.17, 15) is 9.59 Å². The van der Waals surface area contributed by atoms with Crippen molar-refractivity contribution in [3.63, 3.8) is 0 Å². The minimum Gasteiger partial charge on any atom is -0.496 e. The molecule has 0 aliphatic carbocycles. The maximum absolute atomic E-state index is 13.0. The monoisotopic (exact) mass is 507 g/mol. The van der Waals surface area contributed by atoms with Gasteiger partial charge in [0, 0.05) is 26.7 Å². The molecule has 9 heteroatoms. The Morgan fingerprint density at radius 1 is 0.970 bits per heavy atom. The molecule has 0 N–H and O–H groups in total. The van der Waals surface area contributed by atoms with E-state index in [0.29, 0.717) is 33.7 Å². The summed E-state index contributed by atoms with van der Waals surface area (Å²) in [5, 5.41) is 1.59. The largest absolute Gasteiger partial charge is 0.496 e. The smallest absolute Gasteiger partial charge is 0.342 e. The first-order valence-corrected chi connectivity index (χ1v) is 11.6. The number of ketones is 1. The Labute approximate surface area is 207 Å². The van der Waals surface area contributed by atoms with Crippen LogP contribution in [-0.4, -0.2) is 44.0 Å². The van der Waals surface area contributed by atoms with E-state index < -0.39 is 5.97 Å². The van der Waals surface area contributed by atoms with E-state index in [2.05, 4.69) is 0 Å². The first-order valence-electron chi connectivity index (χ1n) is 9.98. The molecule has 0 unspecified atom stereocenters. The lowest BCUT2D eigenvalue weighted by Crippen LogP contribution is -2.24. The average molecular weight is 508 g/mol. The van der Waals surface area contributed by atoms with Crippen LogP contribution in [-0.2, 0) is 4.74 Å². The van der Waals surface area contributed by atoms with Gasteiger partial charge in [0.05, 0.1) is 31.4 Å². The maximum Gasteiger partial charge on any atom is 0.342 e. The van der Waals surface area contributed by atoms with Crippen molar-refractivity contribution in [1.82, 2.24) is 4.90 Å². The van der Waals surface area contributed by atoms with E-state index in [1.54, 1.807) is 36.4 Å². The van der Waals surface area contributed by atoms with Crippen LogP contribution < -0.4 is 9.47 Å². The molecule has 0 radical (unpaired) electrons. The van der Waals surface area contributed by atoms with E-state index in [4.69, 9.17) is 37.4 Å². The van der Waals surface area contributed by atoms with Gasteiger partial charge in [-0.2, -0.15) is 0 Å². The zero-order valence-electron chi connectivity index (χ0n) is 18.6. The van der Waals surface area contributed by atoms with Gasteiger partial charge in [-0.25, -0.2) is 4.79 Å². The van der Waals surface area contributed by atoms with Crippen LogP contribution in [0.25, 0.3) is 0 Å². The third-order valence-corrected chi connectivity index (χ3v) is 6.67. The summed E-state index contributed by atoms with van der Waals surface area (Å²) in [6, 6.07) is 9.66. The van der Waals surface area contributed by atoms with Gasteiger partial charge in [0.15, 0.2) is 5.78 Å². The number of rotatable bonds is 8. The maximum atomic E-state index is 13.0. The molecule has 2 aromatic rings. The molecule has 174 valence electrons. The molecule has 3 rings (SSSR count). The van der Waals surface area contributed by atoms with Crippen molar-refractivity contribution in [3.05, 3.63) is 79.3 Å². The number of carbonyl (C=O) groups excluding carboxylic acids is 2. The summed E-state index contributed by atoms with van der Waals surface area (Å²) in [6.07, 6.45) is 1.54. The molecule has 2 aromatic carbocycles. The molecule has 0 bridgehead atoms. The van der Waals surface area contributed by atoms with Gasteiger partial charge in [-0.1, -0.05) is 35.0 Å². The van der Waals surface area contributed by atoms with Crippen LogP contribution in [0.5, 0.6) is 11.5 Å². The Morgan fingerprint density at radius 3 is 2.15 bits per heavy atom. The van der Waals surface area contributed by atoms with E-state index in [1.165, 1.54) is 32.0 Å². The van der Waals surface area contributed by atoms with Crippen molar-refractivity contribution in [3.8, 4) is 11.5 Å². The van der Waals surface area contributed by atoms with Crippen LogP contribution in [0.15, 0.2) is 58.1 Å². The highest BCUT2D eigenvalue weighted by atomic mass is 35.5. The standard InChI is InChI=1S/C24H23Cl2NO5S/c1-14-15(2)33-23(13-20(28)18-11-16(25)5-7-21(18)30-3)27(14)9-10-32-24(29)19-12-17(26)6-8-22(19)31-4/h5-8,11-13H,9-10H2,1-4H3. The fourth-order valence-electron chi connectivity index (χ4n) is 3.24. The van der Waals surface area contributed by atoms with E-state index in [1.807, 2.05) is 18.7 Å². The van der Waals surface area contributed by atoms with Crippen LogP contribution in [0.4, 0.5) is 0 Å². The summed E-state index contributed by atoms with van der Waals surface area (Å²) < 4.78 is 16.0. The number of nitrogens with zero attached hydrogens (tertiary/aromatic N) is 1. The number of carbonyl (C=O) groups is 2. The van der Waals surface area contributed by atoms with E-state index in [0.717, 1.165) is 15.6 Å².